The van der Waals surface area contributed by atoms with Crippen molar-refractivity contribution in [2.75, 3.05) is 13.7 Å². The van der Waals surface area contributed by atoms with E-state index in [9.17, 15) is 9.90 Å². The van der Waals surface area contributed by atoms with Gasteiger partial charge in [0, 0.05) is 11.5 Å². The van der Waals surface area contributed by atoms with Gasteiger partial charge in [0.1, 0.15) is 13.7 Å². The van der Waals surface area contributed by atoms with Gasteiger partial charge in [-0.1, -0.05) is 19.0 Å². The first-order chi connectivity index (χ1) is 13.8. The summed E-state index contributed by atoms with van der Waals surface area (Å²) >= 11 is 0. The molecule has 0 aromatic rings. The summed E-state index contributed by atoms with van der Waals surface area (Å²) in [5.74, 6) is 1.67. The summed E-state index contributed by atoms with van der Waals surface area (Å²) in [5.41, 5.74) is 1.85. The second-order valence-electron chi connectivity index (χ2n) is 10.8. The van der Waals surface area contributed by atoms with Gasteiger partial charge in [0.2, 0.25) is 0 Å². The molecule has 5 heteroatoms. The molecule has 5 nitrogen and oxygen atoms in total. The standard InChI is InChI=1S/C24H35NO4/c1-22-9-6-17(25-28-3)13-16(22)4-5-20-19(22)7-10-23(2)18(8-11-24(20,23)27)15-12-21(26)29-14-15/h12,16,18-20,27H,4-11,13-14H2,1-3H3/b25-17+. The largest absolute Gasteiger partial charge is 0.458 e. The molecule has 4 aliphatic carbocycles. The van der Waals surface area contributed by atoms with E-state index in [1.165, 1.54) is 18.6 Å². The van der Waals surface area contributed by atoms with Crippen LogP contribution in [0.3, 0.4) is 0 Å². The van der Waals surface area contributed by atoms with Crippen molar-refractivity contribution >= 4 is 11.7 Å². The number of oxime groups is 1. The minimum absolute atomic E-state index is 0.144. The van der Waals surface area contributed by atoms with Crippen molar-refractivity contribution in [2.24, 2.45) is 39.7 Å². The van der Waals surface area contributed by atoms with E-state index in [0.29, 0.717) is 24.4 Å². The Kier molecular flexibility index (Phi) is 4.44. The summed E-state index contributed by atoms with van der Waals surface area (Å²) in [5, 5.41) is 16.5. The Morgan fingerprint density at radius 2 is 1.97 bits per heavy atom. The number of rotatable bonds is 2. The molecule has 1 N–H and O–H groups in total. The number of ether oxygens (including phenoxy) is 1. The number of hydrogen-bond acceptors (Lipinski definition) is 5. The highest BCUT2D eigenvalue weighted by atomic mass is 16.6. The van der Waals surface area contributed by atoms with Gasteiger partial charge in [0.05, 0.1) is 11.3 Å². The molecule has 0 amide bonds. The molecule has 1 heterocycles. The van der Waals surface area contributed by atoms with E-state index in [1.54, 1.807) is 13.2 Å². The minimum Gasteiger partial charge on any atom is -0.458 e. The molecule has 7 atom stereocenters. The van der Waals surface area contributed by atoms with Crippen molar-refractivity contribution in [2.45, 2.75) is 77.2 Å². The summed E-state index contributed by atoms with van der Waals surface area (Å²) < 4.78 is 5.22. The summed E-state index contributed by atoms with van der Waals surface area (Å²) in [4.78, 5) is 16.7. The van der Waals surface area contributed by atoms with Gasteiger partial charge in [-0.05, 0) is 92.4 Å². The summed E-state index contributed by atoms with van der Waals surface area (Å²) in [6.07, 6.45) is 11.3. The molecule has 7 unspecified atom stereocenters. The second kappa shape index (κ2) is 6.57. The molecule has 0 spiro atoms. The zero-order valence-corrected chi connectivity index (χ0v) is 18.1. The molecule has 0 radical (unpaired) electrons. The van der Waals surface area contributed by atoms with Crippen LogP contribution < -0.4 is 0 Å². The van der Waals surface area contributed by atoms with Crippen molar-refractivity contribution in [1.82, 2.24) is 0 Å². The number of cyclic esters (lactones) is 1. The molecular weight excluding hydrogens is 366 g/mol. The minimum atomic E-state index is -0.623. The number of aliphatic hydroxyl groups is 1. The molecule has 160 valence electrons. The highest BCUT2D eigenvalue weighted by molar-refractivity contribution is 5.85. The van der Waals surface area contributed by atoms with E-state index >= 15 is 0 Å². The number of carbonyl (C=O) groups excluding carboxylic acids is 1. The average Bonchev–Trinajstić information content (AvgIpc) is 3.23. The third kappa shape index (κ3) is 2.62. The van der Waals surface area contributed by atoms with Crippen molar-refractivity contribution < 1.29 is 19.5 Å². The third-order valence-corrected chi connectivity index (χ3v) is 10.0. The molecule has 5 rings (SSSR count). The molecule has 0 saturated heterocycles. The lowest BCUT2D eigenvalue weighted by Gasteiger charge is -2.63. The quantitative estimate of drug-likeness (QED) is 0.555. The molecule has 0 aromatic carbocycles. The van der Waals surface area contributed by atoms with Crippen LogP contribution in [0.2, 0.25) is 0 Å². The predicted octanol–water partition coefficient (Wildman–Crippen LogP) is 4.25. The molecule has 1 aliphatic heterocycles. The first-order valence-corrected chi connectivity index (χ1v) is 11.5. The zero-order chi connectivity index (χ0) is 20.4. The lowest BCUT2D eigenvalue weighted by atomic mass is 9.43. The van der Waals surface area contributed by atoms with Gasteiger partial charge in [-0.3, -0.25) is 0 Å². The van der Waals surface area contributed by atoms with Gasteiger partial charge < -0.3 is 14.7 Å². The summed E-state index contributed by atoms with van der Waals surface area (Å²) in [6.45, 7) is 5.20. The topological polar surface area (TPSA) is 68.1 Å². The van der Waals surface area contributed by atoms with E-state index in [2.05, 4.69) is 19.0 Å². The van der Waals surface area contributed by atoms with Crippen LogP contribution in [-0.4, -0.2) is 36.1 Å². The molecule has 4 saturated carbocycles. The fourth-order valence-corrected chi connectivity index (χ4v) is 8.42. The van der Waals surface area contributed by atoms with Crippen molar-refractivity contribution in [3.8, 4) is 0 Å². The predicted molar refractivity (Wildman–Crippen MR) is 110 cm³/mol. The van der Waals surface area contributed by atoms with Gasteiger partial charge in [-0.15, -0.1) is 0 Å². The van der Waals surface area contributed by atoms with Crippen LogP contribution in [0.25, 0.3) is 0 Å². The Labute approximate surface area is 173 Å². The first-order valence-electron chi connectivity index (χ1n) is 11.5. The van der Waals surface area contributed by atoms with Crippen LogP contribution in [0.1, 0.15) is 71.6 Å². The third-order valence-electron chi connectivity index (χ3n) is 10.0. The fourth-order valence-electron chi connectivity index (χ4n) is 8.42. The SMILES string of the molecule is CO/N=C1\CCC2(C)C(CCC3C2CCC2(C)C(C4=CC(=O)OC4)CCC32O)C1. The number of carbonyl (C=O) groups is 1. The van der Waals surface area contributed by atoms with E-state index < -0.39 is 5.60 Å². The lowest BCUT2D eigenvalue weighted by molar-refractivity contribution is -0.200. The Bertz CT molecular complexity index is 775. The number of nitrogens with zero attached hydrogens (tertiary/aromatic N) is 1. The van der Waals surface area contributed by atoms with Gasteiger partial charge in [0.25, 0.3) is 0 Å². The van der Waals surface area contributed by atoms with E-state index in [4.69, 9.17) is 9.57 Å². The van der Waals surface area contributed by atoms with Crippen LogP contribution in [0, 0.1) is 34.5 Å². The zero-order valence-electron chi connectivity index (χ0n) is 18.1. The monoisotopic (exact) mass is 401 g/mol. The lowest BCUT2D eigenvalue weighted by Crippen LogP contribution is -2.62. The average molecular weight is 402 g/mol. The van der Waals surface area contributed by atoms with Crippen LogP contribution in [-0.2, 0) is 14.4 Å². The number of fused-ring (bicyclic) bond motifs is 5. The Balaban J connectivity index is 1.43. The Hall–Kier alpha value is -1.36. The van der Waals surface area contributed by atoms with Gasteiger partial charge >= 0.3 is 5.97 Å². The van der Waals surface area contributed by atoms with Crippen molar-refractivity contribution in [3.63, 3.8) is 0 Å². The van der Waals surface area contributed by atoms with Gasteiger partial charge in [0.15, 0.2) is 0 Å². The summed E-state index contributed by atoms with van der Waals surface area (Å²) in [6, 6.07) is 0. The first kappa shape index (κ1) is 19.6. The number of hydrogen-bond donors (Lipinski definition) is 1. The molecule has 29 heavy (non-hydrogen) atoms. The van der Waals surface area contributed by atoms with E-state index in [-0.39, 0.29) is 22.7 Å². The highest BCUT2D eigenvalue weighted by Crippen LogP contribution is 2.69. The van der Waals surface area contributed by atoms with Crippen LogP contribution >= 0.6 is 0 Å². The Morgan fingerprint density at radius 1 is 1.14 bits per heavy atom. The molecule has 4 fully saturated rings. The molecular formula is C24H35NO4. The normalized spacial score (nSPS) is 50.4. The van der Waals surface area contributed by atoms with Crippen LogP contribution in [0.5, 0.6) is 0 Å². The molecule has 5 aliphatic rings. The smallest absolute Gasteiger partial charge is 0.331 e. The fraction of sp³-hybridized carbons (Fsp3) is 0.833. The van der Waals surface area contributed by atoms with Crippen molar-refractivity contribution in [1.29, 1.82) is 0 Å². The maximum atomic E-state index is 12.2. The maximum absolute atomic E-state index is 12.2. The van der Waals surface area contributed by atoms with E-state index in [1.807, 2.05) is 0 Å². The van der Waals surface area contributed by atoms with Crippen LogP contribution in [0.15, 0.2) is 16.8 Å². The Morgan fingerprint density at radius 3 is 2.69 bits per heavy atom. The van der Waals surface area contributed by atoms with E-state index in [0.717, 1.165) is 50.5 Å². The van der Waals surface area contributed by atoms with Crippen LogP contribution in [0.4, 0.5) is 0 Å². The highest BCUT2D eigenvalue weighted by Gasteiger charge is 2.67. The molecule has 0 aromatic heterocycles. The van der Waals surface area contributed by atoms with Gasteiger partial charge in [-0.2, -0.15) is 0 Å². The maximum Gasteiger partial charge on any atom is 0.331 e. The second-order valence-corrected chi connectivity index (χ2v) is 10.8. The summed E-state index contributed by atoms with van der Waals surface area (Å²) in [7, 11) is 1.64. The number of esters is 1. The molecule has 0 bridgehead atoms. The van der Waals surface area contributed by atoms with Gasteiger partial charge in [-0.25, -0.2) is 4.79 Å². The van der Waals surface area contributed by atoms with Crippen molar-refractivity contribution in [3.05, 3.63) is 11.6 Å².